The van der Waals surface area contributed by atoms with Crippen molar-refractivity contribution < 1.29 is 23.1 Å². The van der Waals surface area contributed by atoms with Crippen LogP contribution in [0.5, 0.6) is 0 Å². The molecule has 1 heterocycles. The number of para-hydroxylation sites is 2. The van der Waals surface area contributed by atoms with E-state index in [1.807, 2.05) is 12.1 Å². The molecule has 144 valence electrons. The van der Waals surface area contributed by atoms with Crippen LogP contribution in [0.1, 0.15) is 11.3 Å². The molecule has 1 atom stereocenters. The highest BCUT2D eigenvalue weighted by Gasteiger charge is 2.24. The van der Waals surface area contributed by atoms with Crippen LogP contribution < -0.4 is 5.32 Å². The summed E-state index contributed by atoms with van der Waals surface area (Å²) in [5.74, 6) is -3.07. The number of fused-ring (bicyclic) bond motifs is 1. The second kappa shape index (κ2) is 8.51. The van der Waals surface area contributed by atoms with E-state index in [-0.39, 0.29) is 12.0 Å². The first kappa shape index (κ1) is 19.3. The molecule has 0 radical (unpaired) electrons. The molecule has 1 N–H and O–H groups in total. The smallest absolute Gasteiger partial charge is 0.328 e. The normalized spacial score (nSPS) is 11.8. The number of nitrogens with one attached hydrogen (secondary N) is 1. The van der Waals surface area contributed by atoms with E-state index in [9.17, 15) is 18.4 Å². The van der Waals surface area contributed by atoms with Crippen LogP contribution in [0.25, 0.3) is 11.0 Å². The Bertz CT molecular complexity index is 1010. The largest absolute Gasteiger partial charge is 0.467 e. The van der Waals surface area contributed by atoms with Gasteiger partial charge in [0.25, 0.3) is 0 Å². The van der Waals surface area contributed by atoms with Crippen molar-refractivity contribution in [3.8, 4) is 0 Å². The van der Waals surface area contributed by atoms with Gasteiger partial charge in [0, 0.05) is 18.2 Å². The first-order valence-electron chi connectivity index (χ1n) is 8.48. The highest BCUT2D eigenvalue weighted by atomic mass is 19.1. The molecule has 0 unspecified atom stereocenters. The Labute approximate surface area is 159 Å². The molecule has 28 heavy (non-hydrogen) atoms. The lowest BCUT2D eigenvalue weighted by atomic mass is 10.1. The number of benzene rings is 2. The van der Waals surface area contributed by atoms with Crippen LogP contribution >= 0.6 is 0 Å². The fourth-order valence-electron chi connectivity index (χ4n) is 2.75. The van der Waals surface area contributed by atoms with Crippen LogP contribution in [0.3, 0.4) is 0 Å². The monoisotopic (exact) mass is 385 g/mol. The van der Waals surface area contributed by atoms with Gasteiger partial charge in [0.05, 0.1) is 30.3 Å². The molecule has 2 aromatic carbocycles. The van der Waals surface area contributed by atoms with Gasteiger partial charge in [-0.2, -0.15) is 0 Å². The molecule has 0 fully saturated rings. The van der Waals surface area contributed by atoms with Crippen molar-refractivity contribution in [2.45, 2.75) is 18.9 Å². The lowest BCUT2D eigenvalue weighted by molar-refractivity contribution is -0.145. The van der Waals surface area contributed by atoms with Crippen molar-refractivity contribution in [2.75, 3.05) is 7.11 Å². The Morgan fingerprint density at radius 2 is 1.75 bits per heavy atom. The number of halogens is 2. The maximum atomic E-state index is 13.7. The highest BCUT2D eigenvalue weighted by molar-refractivity contribution is 5.86. The highest BCUT2D eigenvalue weighted by Crippen LogP contribution is 2.13. The number of methoxy groups -OCH3 is 1. The van der Waals surface area contributed by atoms with Crippen LogP contribution in [-0.4, -0.2) is 35.0 Å². The zero-order valence-electron chi connectivity index (χ0n) is 15.0. The summed E-state index contributed by atoms with van der Waals surface area (Å²) in [6, 6.07) is 9.49. The van der Waals surface area contributed by atoms with E-state index in [4.69, 9.17) is 4.74 Å². The topological polar surface area (TPSA) is 81.2 Å². The minimum atomic E-state index is -1.07. The predicted octanol–water partition coefficient (Wildman–Crippen LogP) is 2.35. The Kier molecular flexibility index (Phi) is 5.88. The molecular formula is C20H17F2N3O3. The summed E-state index contributed by atoms with van der Waals surface area (Å²) in [5.41, 5.74) is 1.43. The molecule has 0 aliphatic rings. The van der Waals surface area contributed by atoms with Gasteiger partial charge in [-0.3, -0.25) is 9.78 Å². The molecule has 0 aliphatic carbocycles. The Hall–Kier alpha value is -3.42. The van der Waals surface area contributed by atoms with Crippen LogP contribution in [-0.2, 0) is 27.2 Å². The van der Waals surface area contributed by atoms with Crippen molar-refractivity contribution >= 4 is 22.9 Å². The van der Waals surface area contributed by atoms with Gasteiger partial charge in [-0.15, -0.1) is 0 Å². The summed E-state index contributed by atoms with van der Waals surface area (Å²) < 4.78 is 32.2. The molecule has 0 bridgehead atoms. The summed E-state index contributed by atoms with van der Waals surface area (Å²) in [7, 11) is 1.18. The third-order valence-corrected chi connectivity index (χ3v) is 4.13. The van der Waals surface area contributed by atoms with Crippen LogP contribution in [0.2, 0.25) is 0 Å². The number of hydrogen-bond acceptors (Lipinski definition) is 5. The molecule has 0 saturated carbocycles. The van der Waals surface area contributed by atoms with Gasteiger partial charge in [0.2, 0.25) is 5.91 Å². The van der Waals surface area contributed by atoms with Gasteiger partial charge >= 0.3 is 5.97 Å². The molecule has 0 saturated heterocycles. The van der Waals surface area contributed by atoms with Gasteiger partial charge in [-0.05, 0) is 24.3 Å². The molecule has 3 rings (SSSR count). The average Bonchev–Trinajstić information content (AvgIpc) is 2.69. The molecule has 1 aromatic heterocycles. The van der Waals surface area contributed by atoms with Gasteiger partial charge in [-0.1, -0.05) is 18.2 Å². The Morgan fingerprint density at radius 3 is 2.43 bits per heavy atom. The first-order valence-corrected chi connectivity index (χ1v) is 8.48. The number of esters is 1. The molecule has 6 nitrogen and oxygen atoms in total. The molecule has 1 amide bonds. The van der Waals surface area contributed by atoms with Crippen molar-refractivity contribution in [2.24, 2.45) is 0 Å². The minimum absolute atomic E-state index is 0.0238. The molecule has 0 spiro atoms. The lowest BCUT2D eigenvalue weighted by Crippen LogP contribution is -2.44. The van der Waals surface area contributed by atoms with Crippen LogP contribution in [0.4, 0.5) is 8.78 Å². The summed E-state index contributed by atoms with van der Waals surface area (Å²) in [6.45, 7) is 0. The standard InChI is InChI=1S/C20H17F2N3O3/c1-28-20(27)18(9-12-11-23-16-7-2-3-8-17(16)24-12)25-19(26)10-13-14(21)5-4-6-15(13)22/h2-8,11,18H,9-10H2,1H3,(H,25,26)/t18-/m1/s1. The average molecular weight is 385 g/mol. The number of hydrogen-bond donors (Lipinski definition) is 1. The van der Waals surface area contributed by atoms with E-state index >= 15 is 0 Å². The summed E-state index contributed by atoms with van der Waals surface area (Å²) in [6.07, 6.45) is 0.979. The van der Waals surface area contributed by atoms with Crippen molar-refractivity contribution in [1.29, 1.82) is 0 Å². The van der Waals surface area contributed by atoms with E-state index in [0.29, 0.717) is 16.7 Å². The van der Waals surface area contributed by atoms with E-state index in [1.54, 1.807) is 12.1 Å². The van der Waals surface area contributed by atoms with Crippen molar-refractivity contribution in [3.63, 3.8) is 0 Å². The third-order valence-electron chi connectivity index (χ3n) is 4.13. The number of rotatable bonds is 6. The lowest BCUT2D eigenvalue weighted by Gasteiger charge is -2.16. The Morgan fingerprint density at radius 1 is 1.07 bits per heavy atom. The zero-order valence-corrected chi connectivity index (χ0v) is 15.0. The fraction of sp³-hybridized carbons (Fsp3) is 0.200. The maximum absolute atomic E-state index is 13.7. The minimum Gasteiger partial charge on any atom is -0.467 e. The summed E-state index contributed by atoms with van der Waals surface area (Å²) in [5, 5.41) is 2.45. The van der Waals surface area contributed by atoms with Crippen LogP contribution in [0, 0.1) is 11.6 Å². The summed E-state index contributed by atoms with van der Waals surface area (Å²) >= 11 is 0. The van der Waals surface area contributed by atoms with Gasteiger partial charge in [0.15, 0.2) is 0 Å². The molecule has 8 heteroatoms. The Balaban J connectivity index is 1.76. The fourth-order valence-corrected chi connectivity index (χ4v) is 2.75. The number of aromatic nitrogens is 2. The van der Waals surface area contributed by atoms with Crippen molar-refractivity contribution in [3.05, 3.63) is 71.6 Å². The first-order chi connectivity index (χ1) is 13.5. The van der Waals surface area contributed by atoms with E-state index in [1.165, 1.54) is 19.4 Å². The zero-order chi connectivity index (χ0) is 20.1. The number of nitrogens with zero attached hydrogens (tertiary/aromatic N) is 2. The molecule has 3 aromatic rings. The van der Waals surface area contributed by atoms with E-state index in [2.05, 4.69) is 15.3 Å². The maximum Gasteiger partial charge on any atom is 0.328 e. The summed E-state index contributed by atoms with van der Waals surface area (Å²) in [4.78, 5) is 33.0. The van der Waals surface area contributed by atoms with Gasteiger partial charge in [-0.25, -0.2) is 18.6 Å². The predicted molar refractivity (Wildman–Crippen MR) is 97.3 cm³/mol. The van der Waals surface area contributed by atoms with Gasteiger partial charge in [0.1, 0.15) is 17.7 Å². The number of ether oxygens (including phenoxy) is 1. The SMILES string of the molecule is COC(=O)[C@@H](Cc1cnc2ccccc2n1)NC(=O)Cc1c(F)cccc1F. The van der Waals surface area contributed by atoms with E-state index < -0.39 is 36.0 Å². The van der Waals surface area contributed by atoms with Gasteiger partial charge < -0.3 is 10.1 Å². The van der Waals surface area contributed by atoms with Crippen LogP contribution in [0.15, 0.2) is 48.7 Å². The number of amides is 1. The number of carbonyl (C=O) groups is 2. The quantitative estimate of drug-likeness (QED) is 0.659. The second-order valence-electron chi connectivity index (χ2n) is 6.07. The van der Waals surface area contributed by atoms with E-state index in [0.717, 1.165) is 12.1 Å². The van der Waals surface area contributed by atoms with Crippen molar-refractivity contribution in [1.82, 2.24) is 15.3 Å². The third kappa shape index (κ3) is 4.46. The molecule has 0 aliphatic heterocycles. The second-order valence-corrected chi connectivity index (χ2v) is 6.07. The molecular weight excluding hydrogens is 368 g/mol. The number of carbonyl (C=O) groups excluding carboxylic acids is 2.